The van der Waals surface area contributed by atoms with Gasteiger partial charge in [-0.2, -0.15) is 26.3 Å². The van der Waals surface area contributed by atoms with Crippen LogP contribution in [0.1, 0.15) is 11.1 Å². The fourth-order valence-corrected chi connectivity index (χ4v) is 5.14. The minimum atomic E-state index is -4.43. The lowest BCUT2D eigenvalue weighted by Gasteiger charge is -2.17. The Balaban J connectivity index is 1.64. The van der Waals surface area contributed by atoms with Gasteiger partial charge in [0.15, 0.2) is 0 Å². The maximum absolute atomic E-state index is 13.2. The maximum atomic E-state index is 13.2. The molecule has 0 nitrogen and oxygen atoms in total. The SMILES string of the molecule is FC(F)(F)c1ccc(-c2cc3cc(-c4ccc(C(F)(F)F)cc4)c4ccccc4c3c3ccccc23)cc1. The summed E-state index contributed by atoms with van der Waals surface area (Å²) in [5.41, 5.74) is 1.38. The molecule has 188 valence electrons. The average Bonchev–Trinajstić information content (AvgIpc) is 2.91. The second-order valence-corrected chi connectivity index (χ2v) is 9.19. The largest absolute Gasteiger partial charge is 0.416 e. The molecule has 38 heavy (non-hydrogen) atoms. The lowest BCUT2D eigenvalue weighted by molar-refractivity contribution is -0.138. The van der Waals surface area contributed by atoms with Crippen molar-refractivity contribution in [1.82, 2.24) is 0 Å². The monoisotopic (exact) mass is 516 g/mol. The van der Waals surface area contributed by atoms with Crippen molar-refractivity contribution in [1.29, 1.82) is 0 Å². The molecule has 0 saturated heterocycles. The molecule has 0 atom stereocenters. The van der Waals surface area contributed by atoms with Crippen LogP contribution < -0.4 is 0 Å². The molecule has 0 aromatic heterocycles. The van der Waals surface area contributed by atoms with E-state index in [4.69, 9.17) is 0 Å². The van der Waals surface area contributed by atoms with Gasteiger partial charge in [0.2, 0.25) is 0 Å². The van der Waals surface area contributed by atoms with Crippen LogP contribution >= 0.6 is 0 Å². The Hall–Kier alpha value is -4.32. The number of hydrogen-bond acceptors (Lipinski definition) is 0. The molecule has 0 bridgehead atoms. The van der Waals surface area contributed by atoms with Gasteiger partial charge >= 0.3 is 12.4 Å². The number of halogens is 6. The zero-order valence-corrected chi connectivity index (χ0v) is 19.7. The fourth-order valence-electron chi connectivity index (χ4n) is 5.14. The zero-order chi connectivity index (χ0) is 26.7. The van der Waals surface area contributed by atoms with E-state index in [-0.39, 0.29) is 0 Å². The van der Waals surface area contributed by atoms with E-state index in [0.717, 1.165) is 67.7 Å². The molecule has 6 rings (SSSR count). The number of alkyl halides is 6. The molecule has 0 saturated carbocycles. The van der Waals surface area contributed by atoms with Crippen LogP contribution in [-0.4, -0.2) is 0 Å². The Morgan fingerprint density at radius 2 is 0.737 bits per heavy atom. The Morgan fingerprint density at radius 3 is 1.08 bits per heavy atom. The molecule has 0 aliphatic rings. The molecule has 0 aliphatic heterocycles. The number of fused-ring (bicyclic) bond motifs is 5. The third-order valence-corrected chi connectivity index (χ3v) is 6.91. The fraction of sp³-hybridized carbons (Fsp3) is 0.0625. The van der Waals surface area contributed by atoms with E-state index in [1.807, 2.05) is 60.7 Å². The summed E-state index contributed by atoms with van der Waals surface area (Å²) >= 11 is 0. The smallest absolute Gasteiger partial charge is 0.166 e. The third-order valence-electron chi connectivity index (χ3n) is 6.91. The number of benzene rings is 6. The van der Waals surface area contributed by atoms with Crippen LogP contribution in [0.4, 0.5) is 26.3 Å². The van der Waals surface area contributed by atoms with E-state index in [1.165, 1.54) is 24.3 Å². The van der Waals surface area contributed by atoms with Gasteiger partial charge in [0.05, 0.1) is 11.1 Å². The Kier molecular flexibility index (Phi) is 5.45. The molecule has 0 aliphatic carbocycles. The van der Waals surface area contributed by atoms with Crippen LogP contribution in [0.3, 0.4) is 0 Å². The molecular formula is C32H18F6. The van der Waals surface area contributed by atoms with E-state index >= 15 is 0 Å². The van der Waals surface area contributed by atoms with Crippen LogP contribution in [0.2, 0.25) is 0 Å². The van der Waals surface area contributed by atoms with E-state index in [2.05, 4.69) is 0 Å². The van der Waals surface area contributed by atoms with Crippen LogP contribution in [0.15, 0.2) is 109 Å². The highest BCUT2D eigenvalue weighted by molar-refractivity contribution is 6.25. The molecule has 0 amide bonds. The van der Waals surface area contributed by atoms with Gasteiger partial charge in [-0.3, -0.25) is 0 Å². The molecule has 0 heterocycles. The van der Waals surface area contributed by atoms with Crippen LogP contribution in [-0.2, 0) is 12.4 Å². The first kappa shape index (κ1) is 24.0. The second kappa shape index (κ2) is 8.62. The predicted molar refractivity (Wildman–Crippen MR) is 140 cm³/mol. The van der Waals surface area contributed by atoms with Gasteiger partial charge in [0.1, 0.15) is 0 Å². The Labute approximate surface area is 213 Å². The van der Waals surface area contributed by atoms with Gasteiger partial charge < -0.3 is 0 Å². The standard InChI is InChI=1S/C32H18F6/c33-31(34,35)22-13-9-19(10-14-22)28-17-21-18-29(20-11-15-23(16-12-20)32(36,37)38)25-6-2-4-8-27(25)30(21)26-7-3-1-5-24(26)28/h1-18H. The molecule has 0 N–H and O–H groups in total. The highest BCUT2D eigenvalue weighted by Crippen LogP contribution is 2.42. The molecule has 6 aromatic rings. The van der Waals surface area contributed by atoms with Gasteiger partial charge in [-0.05, 0) is 91.0 Å². The summed E-state index contributed by atoms with van der Waals surface area (Å²) in [5.74, 6) is 0. The third kappa shape index (κ3) is 4.06. The predicted octanol–water partition coefficient (Wildman–Crippen LogP) is 10.5. The molecule has 0 spiro atoms. The molecule has 0 unspecified atom stereocenters. The summed E-state index contributed by atoms with van der Waals surface area (Å²) in [6.07, 6.45) is -8.86. The summed E-state index contributed by atoms with van der Waals surface area (Å²) in [6, 6.07) is 29.5. The average molecular weight is 516 g/mol. The van der Waals surface area contributed by atoms with Gasteiger partial charge in [0.25, 0.3) is 0 Å². The molecular weight excluding hydrogens is 498 g/mol. The van der Waals surface area contributed by atoms with Crippen LogP contribution in [0, 0.1) is 0 Å². The van der Waals surface area contributed by atoms with Crippen molar-refractivity contribution in [2.24, 2.45) is 0 Å². The number of rotatable bonds is 2. The van der Waals surface area contributed by atoms with E-state index in [0.29, 0.717) is 11.1 Å². The summed E-state index contributed by atoms with van der Waals surface area (Å²) in [4.78, 5) is 0. The second-order valence-electron chi connectivity index (χ2n) is 9.19. The van der Waals surface area contributed by atoms with E-state index in [1.54, 1.807) is 0 Å². The normalized spacial score (nSPS) is 12.5. The van der Waals surface area contributed by atoms with E-state index in [9.17, 15) is 26.3 Å². The summed E-state index contributed by atoms with van der Waals surface area (Å²) in [6.45, 7) is 0. The van der Waals surface area contributed by atoms with Gasteiger partial charge in [0, 0.05) is 0 Å². The van der Waals surface area contributed by atoms with Gasteiger partial charge in [-0.25, -0.2) is 0 Å². The van der Waals surface area contributed by atoms with E-state index < -0.39 is 23.5 Å². The minimum Gasteiger partial charge on any atom is -0.166 e. The van der Waals surface area contributed by atoms with Crippen molar-refractivity contribution in [2.75, 3.05) is 0 Å². The summed E-state index contributed by atoms with van der Waals surface area (Å²) < 4.78 is 79.0. The summed E-state index contributed by atoms with van der Waals surface area (Å²) in [5, 5.41) is 5.49. The van der Waals surface area contributed by atoms with Crippen molar-refractivity contribution < 1.29 is 26.3 Å². The lowest BCUT2D eigenvalue weighted by Crippen LogP contribution is -2.04. The molecule has 0 fully saturated rings. The van der Waals surface area contributed by atoms with Crippen LogP contribution in [0.5, 0.6) is 0 Å². The Bertz CT molecular complexity index is 1680. The molecule has 6 heteroatoms. The van der Waals surface area contributed by atoms with Gasteiger partial charge in [-0.15, -0.1) is 0 Å². The Morgan fingerprint density at radius 1 is 0.395 bits per heavy atom. The number of hydrogen-bond donors (Lipinski definition) is 0. The highest BCUT2D eigenvalue weighted by atomic mass is 19.4. The van der Waals surface area contributed by atoms with Crippen molar-refractivity contribution >= 4 is 32.3 Å². The van der Waals surface area contributed by atoms with Crippen molar-refractivity contribution in [3.05, 3.63) is 120 Å². The van der Waals surface area contributed by atoms with Crippen molar-refractivity contribution in [3.63, 3.8) is 0 Å². The first-order valence-electron chi connectivity index (χ1n) is 11.8. The highest BCUT2D eigenvalue weighted by Gasteiger charge is 2.31. The topological polar surface area (TPSA) is 0 Å². The summed E-state index contributed by atoms with van der Waals surface area (Å²) in [7, 11) is 0. The van der Waals surface area contributed by atoms with Crippen molar-refractivity contribution in [3.8, 4) is 22.3 Å². The molecule has 6 aromatic carbocycles. The minimum absolute atomic E-state index is 0.639. The lowest BCUT2D eigenvalue weighted by atomic mass is 9.87. The maximum Gasteiger partial charge on any atom is 0.416 e. The first-order valence-corrected chi connectivity index (χ1v) is 11.8. The van der Waals surface area contributed by atoms with Crippen molar-refractivity contribution in [2.45, 2.75) is 12.4 Å². The first-order chi connectivity index (χ1) is 18.1. The molecule has 0 radical (unpaired) electrons. The zero-order valence-electron chi connectivity index (χ0n) is 19.7. The quantitative estimate of drug-likeness (QED) is 0.159. The van der Waals surface area contributed by atoms with Gasteiger partial charge in [-0.1, -0.05) is 72.8 Å². The van der Waals surface area contributed by atoms with Crippen LogP contribution in [0.25, 0.3) is 54.6 Å².